The van der Waals surface area contributed by atoms with Gasteiger partial charge in [-0.3, -0.25) is 19.2 Å². The number of sulfonamides is 1. The van der Waals surface area contributed by atoms with E-state index in [0.717, 1.165) is 27.4 Å². The average molecular weight is 539 g/mol. The first-order chi connectivity index (χ1) is 16.7. The van der Waals surface area contributed by atoms with Crippen LogP contribution in [0.1, 0.15) is 10.4 Å². The van der Waals surface area contributed by atoms with E-state index in [1.165, 1.54) is 70.8 Å². The number of nitrogens with one attached hydrogen (secondary N) is 1. The van der Waals surface area contributed by atoms with Crippen LogP contribution < -0.4 is 19.1 Å². The molecule has 0 spiro atoms. The van der Waals surface area contributed by atoms with Gasteiger partial charge in [-0.15, -0.1) is 10.2 Å². The number of hydrogen-bond donors (Lipinski definition) is 1. The van der Waals surface area contributed by atoms with E-state index in [1.54, 1.807) is 0 Å². The Labute approximate surface area is 210 Å². The zero-order chi connectivity index (χ0) is 25.6. The summed E-state index contributed by atoms with van der Waals surface area (Å²) in [6.45, 7) is 0. The topological polar surface area (TPSA) is 137 Å². The Morgan fingerprint density at radius 2 is 1.71 bits per heavy atom. The summed E-state index contributed by atoms with van der Waals surface area (Å²) in [5.74, 6) is -0.0523. The lowest BCUT2D eigenvalue weighted by Crippen LogP contribution is -2.26. The second-order valence-electron chi connectivity index (χ2n) is 6.73. The largest absolute Gasteiger partial charge is 0.493 e. The van der Waals surface area contributed by atoms with Crippen molar-refractivity contribution in [2.24, 2.45) is 0 Å². The van der Waals surface area contributed by atoms with Gasteiger partial charge in [-0.05, 0) is 36.4 Å². The summed E-state index contributed by atoms with van der Waals surface area (Å²) in [4.78, 5) is 23.8. The molecule has 35 heavy (non-hydrogen) atoms. The minimum absolute atomic E-state index is 0.0246. The van der Waals surface area contributed by atoms with Crippen LogP contribution >= 0.6 is 23.1 Å². The van der Waals surface area contributed by atoms with Crippen LogP contribution in [0.15, 0.2) is 51.7 Å². The van der Waals surface area contributed by atoms with Crippen LogP contribution in [-0.2, 0) is 19.6 Å². The quantitative estimate of drug-likeness (QED) is 0.233. The number of benzene rings is 2. The van der Waals surface area contributed by atoms with Gasteiger partial charge >= 0.3 is 5.97 Å². The number of rotatable bonds is 10. The number of carbonyl (C=O) groups is 2. The molecule has 2 aromatic carbocycles. The first-order valence-corrected chi connectivity index (χ1v) is 13.1. The van der Waals surface area contributed by atoms with Crippen molar-refractivity contribution in [1.29, 1.82) is 0 Å². The normalized spacial score (nSPS) is 11.0. The summed E-state index contributed by atoms with van der Waals surface area (Å²) < 4.78 is 42.7. The van der Waals surface area contributed by atoms with Gasteiger partial charge in [0.15, 0.2) is 15.8 Å². The SMILES string of the molecule is COC(=O)CSc1nnc(NC(=O)c2ccc(N(C)S(=O)(=O)c3ccc(OC)c(OC)c3)cc2)s1. The number of anilines is 2. The van der Waals surface area contributed by atoms with Gasteiger partial charge in [0.05, 0.1) is 37.7 Å². The van der Waals surface area contributed by atoms with E-state index in [4.69, 9.17) is 9.47 Å². The molecule has 3 rings (SSSR count). The fourth-order valence-corrected chi connectivity index (χ4v) is 5.56. The highest BCUT2D eigenvalue weighted by Gasteiger charge is 2.23. The molecule has 0 aliphatic carbocycles. The number of amides is 1. The zero-order valence-corrected chi connectivity index (χ0v) is 21.6. The summed E-state index contributed by atoms with van der Waals surface area (Å²) in [7, 11) is 1.70. The van der Waals surface area contributed by atoms with Gasteiger partial charge in [-0.2, -0.15) is 0 Å². The smallest absolute Gasteiger partial charge is 0.316 e. The summed E-state index contributed by atoms with van der Waals surface area (Å²) in [5.41, 5.74) is 0.651. The van der Waals surface area contributed by atoms with E-state index < -0.39 is 21.9 Å². The lowest BCUT2D eigenvalue weighted by molar-refractivity contribution is -0.137. The maximum absolute atomic E-state index is 13.1. The van der Waals surface area contributed by atoms with Crippen LogP contribution in [0.5, 0.6) is 11.5 Å². The van der Waals surface area contributed by atoms with Crippen LogP contribution in [0.4, 0.5) is 10.8 Å². The van der Waals surface area contributed by atoms with Crippen molar-refractivity contribution in [3.8, 4) is 11.5 Å². The average Bonchev–Trinajstić information content (AvgIpc) is 3.33. The number of methoxy groups -OCH3 is 3. The molecule has 0 saturated carbocycles. The Hall–Kier alpha value is -3.36. The van der Waals surface area contributed by atoms with Gasteiger partial charge in [0.2, 0.25) is 5.13 Å². The van der Waals surface area contributed by atoms with Crippen molar-refractivity contribution < 1.29 is 32.2 Å². The highest BCUT2D eigenvalue weighted by Crippen LogP contribution is 2.32. The van der Waals surface area contributed by atoms with Crippen LogP contribution in [0.2, 0.25) is 0 Å². The molecule has 186 valence electrons. The molecule has 11 nitrogen and oxygen atoms in total. The Balaban J connectivity index is 1.69. The molecule has 0 saturated heterocycles. The lowest BCUT2D eigenvalue weighted by atomic mass is 10.2. The van der Waals surface area contributed by atoms with Gasteiger partial charge in [-0.1, -0.05) is 23.1 Å². The number of aromatic nitrogens is 2. The summed E-state index contributed by atoms with van der Waals surface area (Å²) >= 11 is 2.27. The number of hydrogen-bond acceptors (Lipinski definition) is 11. The number of thioether (sulfide) groups is 1. The first-order valence-electron chi connectivity index (χ1n) is 9.85. The molecule has 3 aromatic rings. The van der Waals surface area contributed by atoms with Crippen molar-refractivity contribution in [2.75, 3.05) is 43.8 Å². The lowest BCUT2D eigenvalue weighted by Gasteiger charge is -2.20. The molecule has 1 heterocycles. The molecule has 0 aliphatic heterocycles. The van der Waals surface area contributed by atoms with Crippen LogP contribution in [0.3, 0.4) is 0 Å². The molecule has 0 aliphatic rings. The molecule has 1 aromatic heterocycles. The molecular weight excluding hydrogens is 516 g/mol. The highest BCUT2D eigenvalue weighted by molar-refractivity contribution is 8.01. The second-order valence-corrected chi connectivity index (χ2v) is 10.9. The third-order valence-corrected chi connectivity index (χ3v) is 8.40. The maximum atomic E-state index is 13.1. The van der Waals surface area contributed by atoms with Crippen molar-refractivity contribution in [2.45, 2.75) is 9.24 Å². The monoisotopic (exact) mass is 538 g/mol. The molecule has 0 atom stereocenters. The number of esters is 1. The standard InChI is InChI=1S/C21H22N4O7S3/c1-25(35(28,29)15-9-10-16(30-2)17(11-15)31-3)14-7-5-13(6-8-14)19(27)22-20-23-24-21(34-20)33-12-18(26)32-4/h5-11H,12H2,1-4H3,(H,22,23,27). The van der Waals surface area contributed by atoms with Gasteiger partial charge in [-0.25, -0.2) is 8.42 Å². The van der Waals surface area contributed by atoms with E-state index in [0.29, 0.717) is 21.3 Å². The van der Waals surface area contributed by atoms with Gasteiger partial charge in [0.25, 0.3) is 15.9 Å². The zero-order valence-electron chi connectivity index (χ0n) is 19.2. The Bertz CT molecular complexity index is 1310. The van der Waals surface area contributed by atoms with Crippen molar-refractivity contribution >= 4 is 55.8 Å². The predicted octanol–water partition coefficient (Wildman–Crippen LogP) is 2.90. The maximum Gasteiger partial charge on any atom is 0.316 e. The van der Waals surface area contributed by atoms with Crippen LogP contribution in [0, 0.1) is 0 Å². The third kappa shape index (κ3) is 6.21. The van der Waals surface area contributed by atoms with Crippen molar-refractivity contribution in [3.05, 3.63) is 48.0 Å². The van der Waals surface area contributed by atoms with E-state index >= 15 is 0 Å². The number of carbonyl (C=O) groups excluding carboxylic acids is 2. The fraction of sp³-hybridized carbons (Fsp3) is 0.238. The van der Waals surface area contributed by atoms with Crippen molar-refractivity contribution in [3.63, 3.8) is 0 Å². The highest BCUT2D eigenvalue weighted by atomic mass is 32.2. The minimum Gasteiger partial charge on any atom is -0.493 e. The van der Waals surface area contributed by atoms with E-state index in [2.05, 4.69) is 20.3 Å². The summed E-state index contributed by atoms with van der Waals surface area (Å²) in [6, 6.07) is 10.4. The molecule has 0 unspecified atom stereocenters. The van der Waals surface area contributed by atoms with Crippen LogP contribution in [0.25, 0.3) is 0 Å². The van der Waals surface area contributed by atoms with Gasteiger partial charge in [0, 0.05) is 18.7 Å². The fourth-order valence-electron chi connectivity index (χ4n) is 2.76. The number of nitrogens with zero attached hydrogens (tertiary/aromatic N) is 3. The summed E-state index contributed by atoms with van der Waals surface area (Å²) in [5, 5.41) is 10.7. The minimum atomic E-state index is -3.90. The first kappa shape index (κ1) is 26.2. The third-order valence-electron chi connectivity index (χ3n) is 4.67. The molecule has 0 fully saturated rings. The van der Waals surface area contributed by atoms with Gasteiger partial charge in [0.1, 0.15) is 0 Å². The molecule has 1 N–H and O–H groups in total. The van der Waals surface area contributed by atoms with E-state index in [1.807, 2.05) is 0 Å². The van der Waals surface area contributed by atoms with Gasteiger partial charge < -0.3 is 14.2 Å². The Morgan fingerprint density at radius 3 is 2.34 bits per heavy atom. The molecule has 1 amide bonds. The number of ether oxygens (including phenoxy) is 3. The molecule has 0 bridgehead atoms. The molecular formula is C21H22N4O7S3. The second kappa shape index (κ2) is 11.4. The Kier molecular flexibility index (Phi) is 8.53. The molecule has 14 heteroatoms. The van der Waals surface area contributed by atoms with E-state index in [9.17, 15) is 18.0 Å². The molecule has 0 radical (unpaired) electrons. The van der Waals surface area contributed by atoms with Crippen molar-refractivity contribution in [1.82, 2.24) is 10.2 Å². The van der Waals surface area contributed by atoms with Crippen LogP contribution in [-0.4, -0.2) is 64.6 Å². The predicted molar refractivity (Wildman–Crippen MR) is 132 cm³/mol. The Morgan fingerprint density at radius 1 is 1.03 bits per heavy atom. The summed E-state index contributed by atoms with van der Waals surface area (Å²) in [6.07, 6.45) is 0. The van der Waals surface area contributed by atoms with E-state index in [-0.39, 0.29) is 21.5 Å².